The van der Waals surface area contributed by atoms with Gasteiger partial charge in [-0.15, -0.1) is 0 Å². The minimum absolute atomic E-state index is 0.210. The van der Waals surface area contributed by atoms with Gasteiger partial charge in [-0.1, -0.05) is 179 Å². The zero-order valence-corrected chi connectivity index (χ0v) is 33.9. The summed E-state index contributed by atoms with van der Waals surface area (Å²) < 4.78 is 26.4. The molecule has 0 rings (SSSR count). The van der Waals surface area contributed by atoms with Crippen LogP contribution in [0, 0.1) is 0 Å². The van der Waals surface area contributed by atoms with E-state index in [9.17, 15) is 14.2 Å². The smallest absolute Gasteiger partial charge is 0.462 e. The van der Waals surface area contributed by atoms with E-state index in [1.54, 1.807) is 0 Å². The van der Waals surface area contributed by atoms with Crippen LogP contribution in [0.5, 0.6) is 0 Å². The van der Waals surface area contributed by atoms with Crippen molar-refractivity contribution in [1.82, 2.24) is 0 Å². The van der Waals surface area contributed by atoms with Crippen LogP contribution < -0.4 is 0 Å². The molecule has 0 radical (unpaired) electrons. The maximum atomic E-state index is 12.4. The molecule has 0 fully saturated rings. The standard InChI is InChI=1S/C42H79O8P/c1-3-5-7-9-11-13-15-17-19-20-21-23-25-27-29-31-33-35-37-42(44)50-40(39-49-51(45,46)47)38-48-41(43)36-34-32-30-28-26-24-22-18-16-14-12-10-8-6-4-2/h18,22,26,28,40H,3-17,19-21,23-25,27,29-39H2,1-2H3,(H2,45,46,47)/b22-18+,28-26+/t40-/m1/s1. The second kappa shape index (κ2) is 38.3. The number of ether oxygens (including phenoxy) is 2. The molecule has 0 saturated carbocycles. The summed E-state index contributed by atoms with van der Waals surface area (Å²) >= 11 is 0. The maximum absolute atomic E-state index is 12.4. The minimum Gasteiger partial charge on any atom is -0.462 e. The Balaban J connectivity index is 3.93. The first-order valence-corrected chi connectivity index (χ1v) is 22.7. The first kappa shape index (κ1) is 49.5. The van der Waals surface area contributed by atoms with Gasteiger partial charge in [0.2, 0.25) is 0 Å². The average molecular weight is 743 g/mol. The van der Waals surface area contributed by atoms with Crippen molar-refractivity contribution in [1.29, 1.82) is 0 Å². The average Bonchev–Trinajstić information content (AvgIpc) is 3.10. The highest BCUT2D eigenvalue weighted by molar-refractivity contribution is 7.46. The molecule has 0 aliphatic rings. The molecule has 0 unspecified atom stereocenters. The van der Waals surface area contributed by atoms with Gasteiger partial charge in [-0.2, -0.15) is 0 Å². The molecule has 2 N–H and O–H groups in total. The highest BCUT2D eigenvalue weighted by Crippen LogP contribution is 2.36. The second-order valence-corrected chi connectivity index (χ2v) is 15.6. The summed E-state index contributed by atoms with van der Waals surface area (Å²) in [6.45, 7) is 3.67. The number of phosphoric ester groups is 1. The maximum Gasteiger partial charge on any atom is 0.469 e. The fourth-order valence-corrected chi connectivity index (χ4v) is 6.41. The molecule has 0 aliphatic heterocycles. The first-order chi connectivity index (χ1) is 24.8. The molecule has 0 bridgehead atoms. The van der Waals surface area contributed by atoms with Crippen LogP contribution in [0.25, 0.3) is 0 Å². The molecule has 8 nitrogen and oxygen atoms in total. The molecule has 0 aromatic rings. The Kier molecular flexibility index (Phi) is 37.2. The van der Waals surface area contributed by atoms with Gasteiger partial charge in [0.1, 0.15) is 6.61 Å². The number of rotatable bonds is 39. The molecule has 0 aromatic heterocycles. The Morgan fingerprint density at radius 3 is 1.33 bits per heavy atom. The topological polar surface area (TPSA) is 119 Å². The van der Waals surface area contributed by atoms with E-state index in [1.807, 2.05) is 0 Å². The Bertz CT molecular complexity index is 884. The zero-order valence-electron chi connectivity index (χ0n) is 33.0. The van der Waals surface area contributed by atoms with Crippen molar-refractivity contribution >= 4 is 19.8 Å². The molecule has 0 aliphatic carbocycles. The number of carbonyl (C=O) groups excluding carboxylic acids is 2. The van der Waals surface area contributed by atoms with Crippen molar-refractivity contribution in [2.24, 2.45) is 0 Å². The van der Waals surface area contributed by atoms with Crippen LogP contribution in [0.15, 0.2) is 24.3 Å². The van der Waals surface area contributed by atoms with Gasteiger partial charge in [0.05, 0.1) is 6.61 Å². The molecule has 0 amide bonds. The van der Waals surface area contributed by atoms with Crippen LogP contribution in [0.2, 0.25) is 0 Å². The lowest BCUT2D eigenvalue weighted by Crippen LogP contribution is -2.29. The van der Waals surface area contributed by atoms with Gasteiger partial charge >= 0.3 is 19.8 Å². The third-order valence-corrected chi connectivity index (χ3v) is 9.71. The number of unbranched alkanes of at least 4 members (excludes halogenated alkanes) is 25. The second-order valence-electron chi connectivity index (χ2n) is 14.3. The zero-order chi connectivity index (χ0) is 37.5. The van der Waals surface area contributed by atoms with E-state index in [-0.39, 0.29) is 19.4 Å². The van der Waals surface area contributed by atoms with E-state index in [0.29, 0.717) is 12.8 Å². The summed E-state index contributed by atoms with van der Waals surface area (Å²) in [4.78, 5) is 42.8. The van der Waals surface area contributed by atoms with Gasteiger partial charge in [0.25, 0.3) is 0 Å². The number of carbonyl (C=O) groups is 2. The fourth-order valence-electron chi connectivity index (χ4n) is 6.05. The normalized spacial score (nSPS) is 12.6. The summed E-state index contributed by atoms with van der Waals surface area (Å²) in [6, 6.07) is 0. The third-order valence-electron chi connectivity index (χ3n) is 9.22. The summed E-state index contributed by atoms with van der Waals surface area (Å²) in [5, 5.41) is 0. The van der Waals surface area contributed by atoms with E-state index in [4.69, 9.17) is 19.3 Å². The largest absolute Gasteiger partial charge is 0.469 e. The quantitative estimate of drug-likeness (QED) is 0.0276. The van der Waals surface area contributed by atoms with Crippen molar-refractivity contribution in [3.8, 4) is 0 Å². The number of allylic oxidation sites excluding steroid dienone is 4. The highest BCUT2D eigenvalue weighted by atomic mass is 31.2. The molecule has 1 atom stereocenters. The van der Waals surface area contributed by atoms with E-state index < -0.39 is 32.5 Å². The SMILES string of the molecule is CCCCCCCC/C=C/C/C=C/CCCCC(=O)OC[C@H](COP(=O)(O)O)OC(=O)CCCCCCCCCCCCCCCCCCCC. The van der Waals surface area contributed by atoms with Crippen LogP contribution in [0.3, 0.4) is 0 Å². The molecule has 0 heterocycles. The van der Waals surface area contributed by atoms with E-state index in [1.165, 1.54) is 128 Å². The van der Waals surface area contributed by atoms with E-state index in [2.05, 4.69) is 42.7 Å². The summed E-state index contributed by atoms with van der Waals surface area (Å²) in [5.41, 5.74) is 0. The van der Waals surface area contributed by atoms with Gasteiger partial charge in [-0.25, -0.2) is 4.57 Å². The van der Waals surface area contributed by atoms with Gasteiger partial charge in [-0.3, -0.25) is 14.1 Å². The number of phosphoric acid groups is 1. The van der Waals surface area contributed by atoms with Gasteiger partial charge in [-0.05, 0) is 44.9 Å². The molecule has 300 valence electrons. The molecule has 0 aromatic carbocycles. The summed E-state index contributed by atoms with van der Waals surface area (Å²) in [5.74, 6) is -0.914. The third kappa shape index (κ3) is 41.2. The van der Waals surface area contributed by atoms with E-state index >= 15 is 0 Å². The van der Waals surface area contributed by atoms with Crippen molar-refractivity contribution in [2.75, 3.05) is 13.2 Å². The molecule has 0 spiro atoms. The van der Waals surface area contributed by atoms with Crippen LogP contribution in [-0.4, -0.2) is 41.0 Å². The minimum atomic E-state index is -4.76. The first-order valence-electron chi connectivity index (χ1n) is 21.1. The summed E-state index contributed by atoms with van der Waals surface area (Å²) in [7, 11) is -4.76. The molecule has 0 saturated heterocycles. The van der Waals surface area contributed by atoms with Crippen molar-refractivity contribution < 1.29 is 37.9 Å². The summed E-state index contributed by atoms with van der Waals surface area (Å²) in [6.07, 6.45) is 43.3. The lowest BCUT2D eigenvalue weighted by molar-refractivity contribution is -0.161. The fraction of sp³-hybridized carbons (Fsp3) is 0.857. The molecule has 51 heavy (non-hydrogen) atoms. The van der Waals surface area contributed by atoms with Crippen LogP contribution in [0.1, 0.15) is 213 Å². The van der Waals surface area contributed by atoms with Crippen LogP contribution >= 0.6 is 7.82 Å². The lowest BCUT2D eigenvalue weighted by Gasteiger charge is -2.18. The molecule has 9 heteroatoms. The van der Waals surface area contributed by atoms with Crippen molar-refractivity contribution in [2.45, 2.75) is 219 Å². The highest BCUT2D eigenvalue weighted by Gasteiger charge is 2.22. The van der Waals surface area contributed by atoms with Crippen LogP contribution in [0.4, 0.5) is 0 Å². The van der Waals surface area contributed by atoms with Crippen molar-refractivity contribution in [3.05, 3.63) is 24.3 Å². The van der Waals surface area contributed by atoms with Crippen LogP contribution in [-0.2, 0) is 28.2 Å². The Hall–Kier alpha value is -1.47. The Morgan fingerprint density at radius 2 is 0.882 bits per heavy atom. The molecular formula is C42H79O8P. The monoisotopic (exact) mass is 743 g/mol. The Labute approximate surface area is 313 Å². The lowest BCUT2D eigenvalue weighted by atomic mass is 10.0. The number of hydrogen-bond acceptors (Lipinski definition) is 6. The number of hydrogen-bond donors (Lipinski definition) is 2. The van der Waals surface area contributed by atoms with Gasteiger partial charge in [0.15, 0.2) is 6.10 Å². The predicted octanol–water partition coefficient (Wildman–Crippen LogP) is 12.8. The predicted molar refractivity (Wildman–Crippen MR) is 212 cm³/mol. The van der Waals surface area contributed by atoms with Gasteiger partial charge in [0, 0.05) is 12.8 Å². The van der Waals surface area contributed by atoms with Gasteiger partial charge < -0.3 is 19.3 Å². The van der Waals surface area contributed by atoms with E-state index in [0.717, 1.165) is 44.9 Å². The number of esters is 2. The van der Waals surface area contributed by atoms with Crippen molar-refractivity contribution in [3.63, 3.8) is 0 Å². The molecular weight excluding hydrogens is 663 g/mol. The Morgan fingerprint density at radius 1 is 0.510 bits per heavy atom.